The lowest BCUT2D eigenvalue weighted by Crippen LogP contribution is -2.65. The fourth-order valence-electron chi connectivity index (χ4n) is 4.14. The van der Waals surface area contributed by atoms with Gasteiger partial charge in [0.2, 0.25) is 18.1 Å². The van der Waals surface area contributed by atoms with Crippen molar-refractivity contribution in [3.05, 3.63) is 35.9 Å². The van der Waals surface area contributed by atoms with Crippen LogP contribution in [0.4, 0.5) is 4.79 Å². The maximum absolute atomic E-state index is 13.4. The maximum atomic E-state index is 13.4. The predicted molar refractivity (Wildman–Crippen MR) is 111 cm³/mol. The van der Waals surface area contributed by atoms with Gasteiger partial charge in [0, 0.05) is 25.6 Å². The number of cyclic esters (lactones) is 1. The van der Waals surface area contributed by atoms with Crippen molar-refractivity contribution in [1.29, 1.82) is 0 Å². The van der Waals surface area contributed by atoms with Crippen LogP contribution in [0.2, 0.25) is 0 Å². The molecule has 0 bridgehead atoms. The second kappa shape index (κ2) is 9.45. The first kappa shape index (κ1) is 22.5. The number of urea groups is 1. The smallest absolute Gasteiger partial charge is 0.358 e. The molecule has 176 valence electrons. The Hall–Kier alpha value is -3.67. The van der Waals surface area contributed by atoms with Gasteiger partial charge in [0.15, 0.2) is 0 Å². The van der Waals surface area contributed by atoms with Crippen LogP contribution in [0.15, 0.2) is 30.3 Å². The summed E-state index contributed by atoms with van der Waals surface area (Å²) in [5, 5.41) is 6.11. The van der Waals surface area contributed by atoms with Crippen LogP contribution in [-0.4, -0.2) is 83.3 Å². The average molecular weight is 459 g/mol. The van der Waals surface area contributed by atoms with E-state index in [1.54, 1.807) is 30.3 Å². The summed E-state index contributed by atoms with van der Waals surface area (Å²) in [5.41, 5.74) is 2.89. The Kier molecular flexibility index (Phi) is 6.45. The van der Waals surface area contributed by atoms with Gasteiger partial charge >= 0.3 is 12.0 Å². The molecule has 1 aromatic carbocycles. The fourth-order valence-corrected chi connectivity index (χ4v) is 4.14. The highest BCUT2D eigenvalue weighted by Gasteiger charge is 2.45. The van der Waals surface area contributed by atoms with Crippen molar-refractivity contribution in [1.82, 2.24) is 25.8 Å². The minimum absolute atomic E-state index is 0.0115. The number of esters is 1. The number of ether oxygens (including phenoxy) is 2. The van der Waals surface area contributed by atoms with Gasteiger partial charge in [0.25, 0.3) is 5.91 Å². The number of amides is 5. The number of carbonyl (C=O) groups is 5. The van der Waals surface area contributed by atoms with E-state index in [1.807, 2.05) is 0 Å². The third kappa shape index (κ3) is 4.60. The molecule has 33 heavy (non-hydrogen) atoms. The number of nitrogens with zero attached hydrogens (tertiary/aromatic N) is 3. The topological polar surface area (TPSA) is 138 Å². The van der Waals surface area contributed by atoms with Crippen molar-refractivity contribution in [2.75, 3.05) is 20.2 Å². The standard InChI is InChI=1S/C21H25N5O7/c1-32-20-14(12-17(28)33-20)22-19(30)15-8-5-10-25-16(27)9-11-24(21(31)26(15)25)23-18(29)13-6-3-2-4-7-13/h2-4,6-7,14-15,20H,5,8-12H2,1H3,(H,22,30)(H,23,29). The minimum Gasteiger partial charge on any atom is -0.433 e. The normalized spacial score (nSPS) is 25.3. The number of fused-ring (bicyclic) bond motifs is 1. The zero-order chi connectivity index (χ0) is 23.5. The zero-order valence-electron chi connectivity index (χ0n) is 18.1. The lowest BCUT2D eigenvalue weighted by Gasteiger charge is -2.43. The zero-order valence-corrected chi connectivity index (χ0v) is 18.1. The van der Waals surface area contributed by atoms with Gasteiger partial charge in [-0.05, 0) is 25.0 Å². The summed E-state index contributed by atoms with van der Waals surface area (Å²) < 4.78 is 10.1. The lowest BCUT2D eigenvalue weighted by molar-refractivity contribution is -0.162. The minimum atomic E-state index is -1.00. The molecule has 3 aliphatic heterocycles. The summed E-state index contributed by atoms with van der Waals surface area (Å²) in [7, 11) is 1.36. The summed E-state index contributed by atoms with van der Waals surface area (Å²) in [6, 6.07) is 5.95. The predicted octanol–water partition coefficient (Wildman–Crippen LogP) is -0.231. The van der Waals surface area contributed by atoms with Gasteiger partial charge in [-0.1, -0.05) is 18.2 Å². The molecule has 0 aliphatic carbocycles. The van der Waals surface area contributed by atoms with Gasteiger partial charge in [0.05, 0.1) is 13.0 Å². The summed E-state index contributed by atoms with van der Waals surface area (Å²) >= 11 is 0. The van der Waals surface area contributed by atoms with E-state index in [0.29, 0.717) is 18.4 Å². The molecular weight excluding hydrogens is 434 g/mol. The van der Waals surface area contributed by atoms with E-state index in [2.05, 4.69) is 10.7 Å². The van der Waals surface area contributed by atoms with Crippen LogP contribution in [0, 0.1) is 0 Å². The molecule has 3 heterocycles. The number of hydrogen-bond acceptors (Lipinski definition) is 7. The van der Waals surface area contributed by atoms with Crippen LogP contribution in [-0.2, 0) is 23.9 Å². The first-order valence-corrected chi connectivity index (χ1v) is 10.7. The molecule has 3 unspecified atom stereocenters. The highest BCUT2D eigenvalue weighted by molar-refractivity contribution is 5.96. The molecule has 0 spiro atoms. The van der Waals surface area contributed by atoms with Gasteiger partial charge in [-0.2, -0.15) is 0 Å². The van der Waals surface area contributed by atoms with E-state index in [9.17, 15) is 24.0 Å². The summed E-state index contributed by atoms with van der Waals surface area (Å²) in [5.74, 6) is -1.88. The Morgan fingerprint density at radius 2 is 1.88 bits per heavy atom. The largest absolute Gasteiger partial charge is 0.433 e. The number of carbonyl (C=O) groups excluding carboxylic acids is 5. The molecule has 3 atom stereocenters. The van der Waals surface area contributed by atoms with E-state index in [0.717, 1.165) is 10.0 Å². The van der Waals surface area contributed by atoms with E-state index < -0.39 is 42.2 Å². The molecule has 1 aromatic rings. The molecule has 3 saturated heterocycles. The maximum Gasteiger partial charge on any atom is 0.358 e. The summed E-state index contributed by atoms with van der Waals surface area (Å²) in [4.78, 5) is 63.4. The van der Waals surface area contributed by atoms with Crippen molar-refractivity contribution >= 4 is 29.7 Å². The van der Waals surface area contributed by atoms with E-state index in [-0.39, 0.29) is 31.8 Å². The molecule has 12 nitrogen and oxygen atoms in total. The number of hydrogen-bond donors (Lipinski definition) is 2. The van der Waals surface area contributed by atoms with Crippen molar-refractivity contribution in [3.8, 4) is 0 Å². The van der Waals surface area contributed by atoms with Gasteiger partial charge in [0.1, 0.15) is 12.1 Å². The molecular formula is C21H25N5O7. The average Bonchev–Trinajstić information content (AvgIpc) is 3.14. The highest BCUT2D eigenvalue weighted by atomic mass is 16.7. The van der Waals surface area contributed by atoms with E-state index >= 15 is 0 Å². The summed E-state index contributed by atoms with van der Waals surface area (Å²) in [6.07, 6.45) is -0.183. The number of benzene rings is 1. The highest BCUT2D eigenvalue weighted by Crippen LogP contribution is 2.25. The first-order chi connectivity index (χ1) is 15.9. The van der Waals surface area contributed by atoms with Crippen molar-refractivity contribution < 1.29 is 33.4 Å². The molecule has 2 N–H and O–H groups in total. The Labute approximate surface area is 189 Å². The number of nitrogens with one attached hydrogen (secondary N) is 2. The van der Waals surface area contributed by atoms with Crippen LogP contribution >= 0.6 is 0 Å². The first-order valence-electron chi connectivity index (χ1n) is 10.7. The molecule has 3 aliphatic rings. The third-order valence-corrected chi connectivity index (χ3v) is 5.76. The van der Waals surface area contributed by atoms with E-state index in [1.165, 1.54) is 12.1 Å². The molecule has 0 aromatic heterocycles. The Balaban J connectivity index is 1.53. The number of methoxy groups -OCH3 is 1. The third-order valence-electron chi connectivity index (χ3n) is 5.76. The quantitative estimate of drug-likeness (QED) is 0.580. The van der Waals surface area contributed by atoms with Gasteiger partial charge in [-0.25, -0.2) is 19.8 Å². The summed E-state index contributed by atoms with van der Waals surface area (Å²) in [6.45, 7) is 0.245. The molecule has 5 amide bonds. The van der Waals surface area contributed by atoms with Crippen LogP contribution in [0.3, 0.4) is 0 Å². The second-order valence-corrected chi connectivity index (χ2v) is 7.92. The fraction of sp³-hybridized carbons (Fsp3) is 0.476. The van der Waals surface area contributed by atoms with Gasteiger partial charge < -0.3 is 14.8 Å². The lowest BCUT2D eigenvalue weighted by atomic mass is 10.1. The van der Waals surface area contributed by atoms with Crippen LogP contribution in [0.25, 0.3) is 0 Å². The Morgan fingerprint density at radius 1 is 1.12 bits per heavy atom. The van der Waals surface area contributed by atoms with Crippen molar-refractivity contribution in [3.63, 3.8) is 0 Å². The molecule has 12 heteroatoms. The Bertz CT molecular complexity index is 956. The molecule has 0 saturated carbocycles. The number of hydrazine groups is 2. The van der Waals surface area contributed by atoms with Crippen molar-refractivity contribution in [2.45, 2.75) is 44.1 Å². The SMILES string of the molecule is COC1OC(=O)CC1NC(=O)C1CCCN2C(=O)CCN(NC(=O)c3ccccc3)C(=O)N12. The number of rotatable bonds is 5. The molecule has 3 fully saturated rings. The van der Waals surface area contributed by atoms with Crippen LogP contribution in [0.1, 0.15) is 36.0 Å². The van der Waals surface area contributed by atoms with Crippen LogP contribution < -0.4 is 10.7 Å². The van der Waals surface area contributed by atoms with E-state index in [4.69, 9.17) is 9.47 Å². The molecule has 0 radical (unpaired) electrons. The second-order valence-electron chi connectivity index (χ2n) is 7.92. The van der Waals surface area contributed by atoms with Gasteiger partial charge in [-0.15, -0.1) is 0 Å². The van der Waals surface area contributed by atoms with Crippen LogP contribution in [0.5, 0.6) is 0 Å². The molecule has 4 rings (SSSR count). The monoisotopic (exact) mass is 459 g/mol. The van der Waals surface area contributed by atoms with Gasteiger partial charge in [-0.3, -0.25) is 24.6 Å². The Morgan fingerprint density at radius 3 is 2.61 bits per heavy atom. The van der Waals surface area contributed by atoms with Crippen molar-refractivity contribution in [2.24, 2.45) is 0 Å².